The van der Waals surface area contributed by atoms with Crippen molar-refractivity contribution in [2.75, 3.05) is 0 Å². The van der Waals surface area contributed by atoms with Crippen LogP contribution in [0.5, 0.6) is 0 Å². The molecule has 1 unspecified atom stereocenters. The Hall–Kier alpha value is -0.440. The van der Waals surface area contributed by atoms with E-state index in [0.29, 0.717) is 6.47 Å². The van der Waals surface area contributed by atoms with E-state index in [-0.39, 0.29) is 6.10 Å². The predicted molar refractivity (Wildman–Crippen MR) is 30.3 cm³/mol. The van der Waals surface area contributed by atoms with Gasteiger partial charge in [-0.1, -0.05) is 12.2 Å². The second-order valence-electron chi connectivity index (χ2n) is 1.07. The molecule has 40 valence electrons. The first-order chi connectivity index (χ1) is 3.31. The van der Waals surface area contributed by atoms with E-state index in [1.165, 1.54) is 5.37 Å². The van der Waals surface area contributed by atoms with Crippen molar-refractivity contribution in [2.24, 2.45) is 0 Å². The Bertz CT molecular complexity index is 72.1. The normalized spacial score (nSPS) is 12.1. The minimum Gasteiger partial charge on any atom is -0.460 e. The maximum atomic E-state index is 9.49. The molecule has 0 N–H and O–H groups in total. The summed E-state index contributed by atoms with van der Waals surface area (Å²) in [6.45, 7) is 2.08. The summed E-state index contributed by atoms with van der Waals surface area (Å²) < 4.78 is 4.35. The van der Waals surface area contributed by atoms with Crippen LogP contribution in [0.4, 0.5) is 0 Å². The molecule has 3 heteroatoms. The monoisotopic (exact) mass is 118 g/mol. The average Bonchev–Trinajstić information content (AvgIpc) is 1.68. The fourth-order valence-electron chi connectivity index (χ4n) is 0.120. The maximum Gasteiger partial charge on any atom is 0.293 e. The van der Waals surface area contributed by atoms with Crippen LogP contribution in [-0.4, -0.2) is 17.9 Å². The Morgan fingerprint density at radius 3 is 2.57 bits per heavy atom. The summed E-state index contributed by atoms with van der Waals surface area (Å²) in [5, 5.41) is 1.38. The minimum absolute atomic E-state index is 0.229. The van der Waals surface area contributed by atoms with Gasteiger partial charge in [0, 0.05) is 5.37 Å². The number of hydrogen-bond donors (Lipinski definition) is 0. The van der Waals surface area contributed by atoms with Gasteiger partial charge in [0.15, 0.2) is 0 Å². The van der Waals surface area contributed by atoms with Gasteiger partial charge in [-0.3, -0.25) is 4.79 Å². The maximum absolute atomic E-state index is 9.49. The summed E-state index contributed by atoms with van der Waals surface area (Å²) in [5.41, 5.74) is 0. The number of carbonyl (C=O) groups excluding carboxylic acids is 1. The smallest absolute Gasteiger partial charge is 0.293 e. The molecule has 0 amide bonds. The largest absolute Gasteiger partial charge is 0.460 e. The third-order valence-corrected chi connectivity index (χ3v) is 0.845. The Morgan fingerprint density at radius 1 is 1.86 bits per heavy atom. The molecule has 0 spiro atoms. The van der Waals surface area contributed by atoms with E-state index in [0.717, 1.165) is 0 Å². The number of ether oxygens (including phenoxy) is 1. The van der Waals surface area contributed by atoms with Gasteiger partial charge in [-0.05, 0) is 6.92 Å². The van der Waals surface area contributed by atoms with Gasteiger partial charge < -0.3 is 4.74 Å². The van der Waals surface area contributed by atoms with Crippen LogP contribution in [0, 0.1) is 0 Å². The van der Waals surface area contributed by atoms with Crippen LogP contribution in [0.3, 0.4) is 0 Å². The lowest BCUT2D eigenvalue weighted by Gasteiger charge is -1.97. The van der Waals surface area contributed by atoms with E-state index in [1.807, 2.05) is 0 Å². The van der Waals surface area contributed by atoms with E-state index in [2.05, 4.69) is 17.0 Å². The molecule has 0 aliphatic rings. The zero-order valence-electron chi connectivity index (χ0n) is 3.96. The fourth-order valence-corrected chi connectivity index (χ4v) is 0.184. The topological polar surface area (TPSA) is 26.3 Å². The third kappa shape index (κ3) is 3.39. The van der Waals surface area contributed by atoms with Gasteiger partial charge in [0.1, 0.15) is 6.10 Å². The van der Waals surface area contributed by atoms with Crippen LogP contribution in [0.2, 0.25) is 0 Å². The predicted octanol–water partition coefficient (Wildman–Crippen LogP) is 0.548. The molecule has 0 saturated carbocycles. The van der Waals surface area contributed by atoms with Crippen LogP contribution in [0.15, 0.2) is 0 Å². The molecule has 0 saturated heterocycles. The van der Waals surface area contributed by atoms with Gasteiger partial charge in [0.05, 0.1) is 0 Å². The van der Waals surface area contributed by atoms with Gasteiger partial charge >= 0.3 is 0 Å². The zero-order valence-corrected chi connectivity index (χ0v) is 4.77. The molecular weight excluding hydrogens is 112 g/mol. The van der Waals surface area contributed by atoms with E-state index in [9.17, 15) is 4.79 Å². The molecule has 0 heterocycles. The Balaban J connectivity index is 3.15. The second kappa shape index (κ2) is 3.74. The highest BCUT2D eigenvalue weighted by molar-refractivity contribution is 7.79. The van der Waals surface area contributed by atoms with E-state index >= 15 is 0 Å². The van der Waals surface area contributed by atoms with Crippen molar-refractivity contribution in [3.63, 3.8) is 0 Å². The molecule has 0 aromatic carbocycles. The summed E-state index contributed by atoms with van der Waals surface area (Å²) in [7, 11) is 0. The second-order valence-corrected chi connectivity index (χ2v) is 1.35. The Labute approximate surface area is 47.5 Å². The summed E-state index contributed by atoms with van der Waals surface area (Å²) >= 11 is 4.43. The van der Waals surface area contributed by atoms with Crippen LogP contribution >= 0.6 is 12.2 Å². The highest BCUT2D eigenvalue weighted by atomic mass is 32.1. The van der Waals surface area contributed by atoms with Crippen molar-refractivity contribution in [2.45, 2.75) is 13.0 Å². The standard InChI is InChI=1S/C4H6O2S/c1-4(2-7)6-3-5/h2-4H,1H3. The Kier molecular flexibility index (Phi) is 3.50. The number of hydrogen-bond acceptors (Lipinski definition) is 3. The average molecular weight is 118 g/mol. The lowest BCUT2D eigenvalue weighted by molar-refractivity contribution is -0.129. The third-order valence-electron chi connectivity index (χ3n) is 0.462. The summed E-state index contributed by atoms with van der Waals surface area (Å²) in [5.74, 6) is 0. The number of thiocarbonyl (C=S) groups is 1. The first-order valence-corrected chi connectivity index (χ1v) is 2.32. The molecule has 7 heavy (non-hydrogen) atoms. The van der Waals surface area contributed by atoms with E-state index in [1.54, 1.807) is 6.92 Å². The highest BCUT2D eigenvalue weighted by Crippen LogP contribution is 1.79. The number of carbonyl (C=O) groups is 1. The molecule has 2 nitrogen and oxygen atoms in total. The molecule has 0 aliphatic heterocycles. The SMILES string of the molecule is CC(C=S)OC=O. The lowest BCUT2D eigenvalue weighted by Crippen LogP contribution is -2.05. The van der Waals surface area contributed by atoms with Crippen molar-refractivity contribution in [3.8, 4) is 0 Å². The van der Waals surface area contributed by atoms with E-state index in [4.69, 9.17) is 0 Å². The minimum atomic E-state index is -0.229. The summed E-state index contributed by atoms with van der Waals surface area (Å²) in [6.07, 6.45) is -0.229. The van der Waals surface area contributed by atoms with Crippen molar-refractivity contribution >= 4 is 24.1 Å². The first-order valence-electron chi connectivity index (χ1n) is 1.85. The lowest BCUT2D eigenvalue weighted by atomic mass is 10.5. The van der Waals surface area contributed by atoms with Gasteiger partial charge in [0.2, 0.25) is 0 Å². The summed E-state index contributed by atoms with van der Waals surface area (Å²) in [6, 6.07) is 0. The molecule has 0 aromatic rings. The van der Waals surface area contributed by atoms with Gasteiger partial charge in [-0.15, -0.1) is 0 Å². The van der Waals surface area contributed by atoms with Gasteiger partial charge in [0.25, 0.3) is 6.47 Å². The van der Waals surface area contributed by atoms with Crippen molar-refractivity contribution < 1.29 is 9.53 Å². The quantitative estimate of drug-likeness (QED) is 0.400. The van der Waals surface area contributed by atoms with Gasteiger partial charge in [-0.25, -0.2) is 0 Å². The van der Waals surface area contributed by atoms with Crippen LogP contribution in [0.25, 0.3) is 0 Å². The highest BCUT2D eigenvalue weighted by Gasteiger charge is 1.89. The zero-order chi connectivity index (χ0) is 5.70. The molecule has 1 atom stereocenters. The first kappa shape index (κ1) is 6.56. The van der Waals surface area contributed by atoms with Crippen molar-refractivity contribution in [1.82, 2.24) is 0 Å². The molecule has 0 rings (SSSR count). The Morgan fingerprint density at radius 2 is 2.43 bits per heavy atom. The van der Waals surface area contributed by atoms with Crippen molar-refractivity contribution in [3.05, 3.63) is 0 Å². The number of rotatable bonds is 3. The van der Waals surface area contributed by atoms with Gasteiger partial charge in [-0.2, -0.15) is 0 Å². The molecule has 0 radical (unpaired) electrons. The molecule has 0 bridgehead atoms. The van der Waals surface area contributed by atoms with Crippen LogP contribution in [-0.2, 0) is 9.53 Å². The molecular formula is C4H6O2S. The van der Waals surface area contributed by atoms with Crippen molar-refractivity contribution in [1.29, 1.82) is 0 Å². The molecule has 0 aromatic heterocycles. The van der Waals surface area contributed by atoms with E-state index < -0.39 is 0 Å². The fraction of sp³-hybridized carbons (Fsp3) is 0.500. The molecule has 0 fully saturated rings. The summed E-state index contributed by atoms with van der Waals surface area (Å²) in [4.78, 5) is 9.49. The van der Waals surface area contributed by atoms with Crippen LogP contribution in [0.1, 0.15) is 6.92 Å². The molecule has 0 aliphatic carbocycles. The van der Waals surface area contributed by atoms with Crippen LogP contribution < -0.4 is 0 Å².